The second-order valence-electron chi connectivity index (χ2n) is 5.04. The molecule has 0 fully saturated rings. The van der Waals surface area contributed by atoms with E-state index in [1.807, 2.05) is 23.7 Å². The Morgan fingerprint density at radius 1 is 1.22 bits per heavy atom. The Morgan fingerprint density at radius 2 is 2.00 bits per heavy atom. The third-order valence-corrected chi connectivity index (χ3v) is 3.45. The van der Waals surface area contributed by atoms with Crippen LogP contribution in [0.3, 0.4) is 0 Å². The van der Waals surface area contributed by atoms with Gasteiger partial charge in [-0.1, -0.05) is 6.07 Å². The Labute approximate surface area is 133 Å². The van der Waals surface area contributed by atoms with E-state index >= 15 is 0 Å². The molecule has 0 aliphatic heterocycles. The summed E-state index contributed by atoms with van der Waals surface area (Å²) < 4.78 is 12.6. The van der Waals surface area contributed by atoms with Crippen molar-refractivity contribution in [1.29, 1.82) is 0 Å². The zero-order valence-electron chi connectivity index (χ0n) is 12.9. The first kappa shape index (κ1) is 14.9. The molecule has 0 bridgehead atoms. The maximum atomic E-state index is 12.0. The number of methoxy groups -OCH3 is 1. The summed E-state index contributed by atoms with van der Waals surface area (Å²) in [6.07, 6.45) is 1.72. The van der Waals surface area contributed by atoms with Gasteiger partial charge in [0, 0.05) is 12.7 Å². The van der Waals surface area contributed by atoms with Crippen molar-refractivity contribution < 1.29 is 14.3 Å². The predicted molar refractivity (Wildman–Crippen MR) is 87.8 cm³/mol. The van der Waals surface area contributed by atoms with Crippen molar-refractivity contribution in [1.82, 2.24) is 9.55 Å². The first-order valence-corrected chi connectivity index (χ1v) is 7.14. The highest BCUT2D eigenvalue weighted by molar-refractivity contribution is 5.92. The van der Waals surface area contributed by atoms with Crippen LogP contribution in [0.1, 0.15) is 0 Å². The summed E-state index contributed by atoms with van der Waals surface area (Å²) in [4.78, 5) is 16.3. The molecule has 23 heavy (non-hydrogen) atoms. The SMILES string of the molecule is COc1ccc(NC(=O)COc2cccc3c2ncn3C)cc1. The minimum Gasteiger partial charge on any atom is -0.497 e. The van der Waals surface area contributed by atoms with Crippen molar-refractivity contribution in [2.45, 2.75) is 0 Å². The van der Waals surface area contributed by atoms with Gasteiger partial charge in [-0.2, -0.15) is 0 Å². The van der Waals surface area contributed by atoms with Crippen LogP contribution >= 0.6 is 0 Å². The number of hydrogen-bond donors (Lipinski definition) is 1. The van der Waals surface area contributed by atoms with Crippen LogP contribution in [0.5, 0.6) is 11.5 Å². The third-order valence-electron chi connectivity index (χ3n) is 3.45. The molecular weight excluding hydrogens is 294 g/mol. The number of carbonyl (C=O) groups is 1. The fourth-order valence-electron chi connectivity index (χ4n) is 2.26. The van der Waals surface area contributed by atoms with Crippen molar-refractivity contribution in [3.8, 4) is 11.5 Å². The van der Waals surface area contributed by atoms with Gasteiger partial charge in [0.25, 0.3) is 5.91 Å². The molecule has 1 heterocycles. The van der Waals surface area contributed by atoms with E-state index in [1.165, 1.54) is 0 Å². The number of imidazole rings is 1. The van der Waals surface area contributed by atoms with E-state index in [4.69, 9.17) is 9.47 Å². The standard InChI is InChI=1S/C17H17N3O3/c1-20-11-18-17-14(20)4-3-5-15(17)23-10-16(21)19-12-6-8-13(22-2)9-7-12/h3-9,11H,10H2,1-2H3,(H,19,21). The largest absolute Gasteiger partial charge is 0.497 e. The quantitative estimate of drug-likeness (QED) is 0.786. The lowest BCUT2D eigenvalue weighted by atomic mass is 10.3. The number of rotatable bonds is 5. The zero-order chi connectivity index (χ0) is 16.2. The molecule has 6 heteroatoms. The number of benzene rings is 2. The van der Waals surface area contributed by atoms with Gasteiger partial charge >= 0.3 is 0 Å². The first-order valence-electron chi connectivity index (χ1n) is 7.14. The molecule has 0 aliphatic rings. The molecule has 0 radical (unpaired) electrons. The summed E-state index contributed by atoms with van der Waals surface area (Å²) in [7, 11) is 3.51. The van der Waals surface area contributed by atoms with Gasteiger partial charge in [-0.15, -0.1) is 0 Å². The maximum absolute atomic E-state index is 12.0. The number of aromatic nitrogens is 2. The maximum Gasteiger partial charge on any atom is 0.262 e. The van der Waals surface area contributed by atoms with Crippen LogP contribution in [-0.2, 0) is 11.8 Å². The van der Waals surface area contributed by atoms with Crippen molar-refractivity contribution in [3.63, 3.8) is 0 Å². The minimum atomic E-state index is -0.233. The molecule has 0 atom stereocenters. The molecule has 0 aliphatic carbocycles. The summed E-state index contributed by atoms with van der Waals surface area (Å²) in [5, 5.41) is 2.77. The number of anilines is 1. The average Bonchev–Trinajstić information content (AvgIpc) is 2.96. The van der Waals surface area contributed by atoms with Gasteiger partial charge in [0.05, 0.1) is 19.0 Å². The second kappa shape index (κ2) is 6.39. The molecule has 1 N–H and O–H groups in total. The Bertz CT molecular complexity index is 825. The lowest BCUT2D eigenvalue weighted by molar-refractivity contribution is -0.118. The molecule has 3 rings (SSSR count). The molecule has 0 saturated heterocycles. The van der Waals surface area contributed by atoms with E-state index < -0.39 is 0 Å². The molecule has 0 unspecified atom stereocenters. The van der Waals surface area contributed by atoms with Gasteiger partial charge in [-0.3, -0.25) is 4.79 Å². The number of fused-ring (bicyclic) bond motifs is 1. The van der Waals surface area contributed by atoms with Crippen molar-refractivity contribution in [2.24, 2.45) is 7.05 Å². The van der Waals surface area contributed by atoms with E-state index in [-0.39, 0.29) is 12.5 Å². The highest BCUT2D eigenvalue weighted by atomic mass is 16.5. The van der Waals surface area contributed by atoms with Crippen LogP contribution in [0.2, 0.25) is 0 Å². The normalized spacial score (nSPS) is 10.5. The van der Waals surface area contributed by atoms with E-state index in [0.717, 1.165) is 16.8 Å². The molecule has 2 aromatic carbocycles. The highest BCUT2D eigenvalue weighted by Crippen LogP contribution is 2.23. The summed E-state index contributed by atoms with van der Waals surface area (Å²) in [6, 6.07) is 12.7. The summed E-state index contributed by atoms with van der Waals surface area (Å²) >= 11 is 0. The summed E-state index contributed by atoms with van der Waals surface area (Å²) in [6.45, 7) is -0.0816. The van der Waals surface area contributed by atoms with Gasteiger partial charge in [-0.05, 0) is 36.4 Å². The number of amides is 1. The molecule has 118 valence electrons. The smallest absolute Gasteiger partial charge is 0.262 e. The molecular formula is C17H17N3O3. The fourth-order valence-corrected chi connectivity index (χ4v) is 2.26. The molecule has 0 saturated carbocycles. The zero-order valence-corrected chi connectivity index (χ0v) is 12.9. The highest BCUT2D eigenvalue weighted by Gasteiger charge is 2.09. The van der Waals surface area contributed by atoms with Crippen LogP contribution in [0.25, 0.3) is 11.0 Å². The Balaban J connectivity index is 1.63. The molecule has 6 nitrogen and oxygen atoms in total. The van der Waals surface area contributed by atoms with Gasteiger partial charge in [-0.25, -0.2) is 4.98 Å². The van der Waals surface area contributed by atoms with Crippen LogP contribution in [0, 0.1) is 0 Å². The number of aryl methyl sites for hydroxylation is 1. The van der Waals surface area contributed by atoms with Crippen LogP contribution in [-0.4, -0.2) is 29.2 Å². The van der Waals surface area contributed by atoms with Crippen LogP contribution < -0.4 is 14.8 Å². The van der Waals surface area contributed by atoms with Crippen LogP contribution in [0.15, 0.2) is 48.8 Å². The molecule has 3 aromatic rings. The number of carbonyl (C=O) groups excluding carboxylic acids is 1. The van der Waals surface area contributed by atoms with Crippen molar-refractivity contribution in [3.05, 3.63) is 48.8 Å². The van der Waals surface area contributed by atoms with Gasteiger partial charge < -0.3 is 19.4 Å². The number of nitrogens with one attached hydrogen (secondary N) is 1. The third kappa shape index (κ3) is 3.26. The van der Waals surface area contributed by atoms with E-state index in [1.54, 1.807) is 43.8 Å². The molecule has 1 amide bonds. The minimum absolute atomic E-state index is 0.0816. The van der Waals surface area contributed by atoms with E-state index in [2.05, 4.69) is 10.3 Å². The van der Waals surface area contributed by atoms with Gasteiger partial charge in [0.15, 0.2) is 6.61 Å². The Kier molecular flexibility index (Phi) is 4.14. The summed E-state index contributed by atoms with van der Waals surface area (Å²) in [5.74, 6) is 1.09. The topological polar surface area (TPSA) is 65.4 Å². The summed E-state index contributed by atoms with van der Waals surface area (Å²) in [5.41, 5.74) is 2.39. The van der Waals surface area contributed by atoms with Crippen LogP contribution in [0.4, 0.5) is 5.69 Å². The van der Waals surface area contributed by atoms with E-state index in [0.29, 0.717) is 11.4 Å². The molecule has 0 spiro atoms. The monoisotopic (exact) mass is 311 g/mol. The van der Waals surface area contributed by atoms with Gasteiger partial charge in [0.2, 0.25) is 0 Å². The predicted octanol–water partition coefficient (Wildman–Crippen LogP) is 2.60. The average molecular weight is 311 g/mol. The first-order chi connectivity index (χ1) is 11.2. The Morgan fingerprint density at radius 3 is 2.74 bits per heavy atom. The molecule has 1 aromatic heterocycles. The lowest BCUT2D eigenvalue weighted by Crippen LogP contribution is -2.20. The Hall–Kier alpha value is -3.02. The van der Waals surface area contributed by atoms with E-state index in [9.17, 15) is 4.79 Å². The number of ether oxygens (including phenoxy) is 2. The van der Waals surface area contributed by atoms with Gasteiger partial charge in [0.1, 0.15) is 17.0 Å². The second-order valence-corrected chi connectivity index (χ2v) is 5.04. The fraction of sp³-hybridized carbons (Fsp3) is 0.176. The number of nitrogens with zero attached hydrogens (tertiary/aromatic N) is 2. The number of hydrogen-bond acceptors (Lipinski definition) is 4. The lowest BCUT2D eigenvalue weighted by Gasteiger charge is -2.08. The van der Waals surface area contributed by atoms with Crippen molar-refractivity contribution in [2.75, 3.05) is 19.0 Å². The van der Waals surface area contributed by atoms with Crippen molar-refractivity contribution >= 4 is 22.6 Å². The number of para-hydroxylation sites is 1.